The van der Waals surface area contributed by atoms with Crippen LogP contribution >= 0.6 is 0 Å². The van der Waals surface area contributed by atoms with E-state index < -0.39 is 10.0 Å². The molecule has 2 heterocycles. The maximum atomic E-state index is 12.6. The van der Waals surface area contributed by atoms with Crippen LogP contribution in [-0.4, -0.2) is 35.6 Å². The quantitative estimate of drug-likeness (QED) is 0.904. The van der Waals surface area contributed by atoms with Gasteiger partial charge in [-0.1, -0.05) is 13.8 Å². The van der Waals surface area contributed by atoms with Gasteiger partial charge in [0.1, 0.15) is 4.90 Å². The van der Waals surface area contributed by atoms with Gasteiger partial charge in [-0.2, -0.15) is 9.40 Å². The van der Waals surface area contributed by atoms with E-state index in [1.165, 1.54) is 10.5 Å². The highest BCUT2D eigenvalue weighted by molar-refractivity contribution is 7.89. The summed E-state index contributed by atoms with van der Waals surface area (Å²) in [5.41, 5.74) is 5.73. The molecule has 6 nitrogen and oxygen atoms in total. The summed E-state index contributed by atoms with van der Waals surface area (Å²) in [7, 11) is -3.51. The number of sulfonamides is 1. The van der Waals surface area contributed by atoms with Crippen molar-refractivity contribution < 1.29 is 8.42 Å². The van der Waals surface area contributed by atoms with Gasteiger partial charge in [0.05, 0.1) is 0 Å². The van der Waals surface area contributed by atoms with Gasteiger partial charge in [-0.3, -0.25) is 4.68 Å². The van der Waals surface area contributed by atoms with Crippen molar-refractivity contribution in [2.24, 2.45) is 11.8 Å². The first-order valence-electron chi connectivity index (χ1n) is 6.69. The molecule has 0 saturated carbocycles. The van der Waals surface area contributed by atoms with Gasteiger partial charge in [0, 0.05) is 25.8 Å². The van der Waals surface area contributed by atoms with Crippen LogP contribution < -0.4 is 5.73 Å². The average Bonchev–Trinajstić information content (AvgIpc) is 2.74. The first-order chi connectivity index (χ1) is 8.86. The molecule has 2 rings (SSSR count). The highest BCUT2D eigenvalue weighted by Gasteiger charge is 2.33. The monoisotopic (exact) mass is 286 g/mol. The largest absolute Gasteiger partial charge is 0.381 e. The molecule has 2 N–H and O–H groups in total. The number of piperidine rings is 1. The van der Waals surface area contributed by atoms with Crippen LogP contribution in [0.5, 0.6) is 0 Å². The Morgan fingerprint density at radius 3 is 2.63 bits per heavy atom. The highest BCUT2D eigenvalue weighted by Crippen LogP contribution is 2.28. The molecule has 1 fully saturated rings. The number of nitrogens with two attached hydrogens (primary N) is 1. The third-order valence-electron chi connectivity index (χ3n) is 3.99. The van der Waals surface area contributed by atoms with E-state index in [1.54, 1.807) is 4.68 Å². The summed E-state index contributed by atoms with van der Waals surface area (Å²) in [5, 5.41) is 4.01. The molecule has 0 radical (unpaired) electrons. The van der Waals surface area contributed by atoms with Crippen LogP contribution in [0, 0.1) is 11.8 Å². The summed E-state index contributed by atoms with van der Waals surface area (Å²) in [6.07, 6.45) is 2.41. The van der Waals surface area contributed by atoms with E-state index >= 15 is 0 Å². The number of hydrogen-bond donors (Lipinski definition) is 1. The van der Waals surface area contributed by atoms with Gasteiger partial charge in [0.2, 0.25) is 10.0 Å². The van der Waals surface area contributed by atoms with Crippen LogP contribution in [0.1, 0.15) is 27.2 Å². The molecule has 1 saturated heterocycles. The minimum Gasteiger partial charge on any atom is -0.381 e. The van der Waals surface area contributed by atoms with Crippen LogP contribution in [0.3, 0.4) is 0 Å². The molecular formula is C12H22N4O2S. The molecule has 1 aromatic heterocycles. The van der Waals surface area contributed by atoms with Crippen molar-refractivity contribution in [2.45, 2.75) is 38.6 Å². The number of rotatable bonds is 3. The summed E-state index contributed by atoms with van der Waals surface area (Å²) in [4.78, 5) is 0.135. The van der Waals surface area contributed by atoms with Crippen LogP contribution in [0.4, 0.5) is 5.82 Å². The van der Waals surface area contributed by atoms with E-state index in [9.17, 15) is 8.42 Å². The summed E-state index contributed by atoms with van der Waals surface area (Å²) in [5.74, 6) is 1.02. The van der Waals surface area contributed by atoms with E-state index in [1.807, 2.05) is 6.92 Å². The highest BCUT2D eigenvalue weighted by atomic mass is 32.2. The Morgan fingerprint density at radius 1 is 1.42 bits per heavy atom. The van der Waals surface area contributed by atoms with Crippen LogP contribution in [0.2, 0.25) is 0 Å². The Labute approximate surface area is 114 Å². The summed E-state index contributed by atoms with van der Waals surface area (Å²) in [6.45, 7) is 7.87. The third kappa shape index (κ3) is 2.62. The fraction of sp³-hybridized carbons (Fsp3) is 0.750. The smallest absolute Gasteiger partial charge is 0.248 e. The third-order valence-corrected chi connectivity index (χ3v) is 5.88. The van der Waals surface area contributed by atoms with Gasteiger partial charge >= 0.3 is 0 Å². The lowest BCUT2D eigenvalue weighted by molar-refractivity contribution is 0.212. The van der Waals surface area contributed by atoms with Gasteiger partial charge in [0.25, 0.3) is 0 Å². The molecule has 1 aliphatic heterocycles. The topological polar surface area (TPSA) is 81.2 Å². The number of hydrogen-bond acceptors (Lipinski definition) is 4. The van der Waals surface area contributed by atoms with Crippen molar-refractivity contribution in [3.8, 4) is 0 Å². The predicted molar refractivity (Wildman–Crippen MR) is 74.0 cm³/mol. The molecule has 1 aliphatic rings. The van der Waals surface area contributed by atoms with Gasteiger partial charge in [-0.05, 0) is 25.2 Å². The van der Waals surface area contributed by atoms with Crippen molar-refractivity contribution in [2.75, 3.05) is 18.8 Å². The fourth-order valence-corrected chi connectivity index (χ4v) is 3.98. The van der Waals surface area contributed by atoms with Crippen molar-refractivity contribution in [3.63, 3.8) is 0 Å². The Morgan fingerprint density at radius 2 is 2.11 bits per heavy atom. The van der Waals surface area contributed by atoms with E-state index in [4.69, 9.17) is 5.73 Å². The standard InChI is InChI=1S/C12H22N4O2S/c1-4-15-8-11(12(13)14-15)19(17,18)16-6-5-9(2)10(3)7-16/h8-10H,4-7H2,1-3H3,(H2,13,14). The fourth-order valence-electron chi connectivity index (χ4n) is 2.36. The van der Waals surface area contributed by atoms with Gasteiger partial charge in [-0.15, -0.1) is 0 Å². The zero-order chi connectivity index (χ0) is 14.2. The normalized spacial score (nSPS) is 25.6. The summed E-state index contributed by atoms with van der Waals surface area (Å²) in [6, 6.07) is 0. The van der Waals surface area contributed by atoms with Gasteiger partial charge < -0.3 is 5.73 Å². The molecule has 0 aromatic carbocycles. The molecule has 0 amide bonds. The minimum atomic E-state index is -3.51. The van der Waals surface area contributed by atoms with Crippen LogP contribution in [0.25, 0.3) is 0 Å². The Kier molecular flexibility index (Phi) is 3.87. The molecule has 7 heteroatoms. The van der Waals surface area contributed by atoms with Crippen molar-refractivity contribution in [1.29, 1.82) is 0 Å². The molecule has 0 bridgehead atoms. The molecule has 108 valence electrons. The molecule has 19 heavy (non-hydrogen) atoms. The second-order valence-electron chi connectivity index (χ2n) is 5.34. The second kappa shape index (κ2) is 5.13. The summed E-state index contributed by atoms with van der Waals surface area (Å²) < 4.78 is 28.3. The first-order valence-corrected chi connectivity index (χ1v) is 8.13. The van der Waals surface area contributed by atoms with Crippen LogP contribution in [-0.2, 0) is 16.6 Å². The number of aryl methyl sites for hydroxylation is 1. The molecule has 0 spiro atoms. The first kappa shape index (κ1) is 14.3. The number of nitrogen functional groups attached to an aromatic ring is 1. The average molecular weight is 286 g/mol. The Bertz CT molecular complexity index is 552. The molecule has 2 unspecified atom stereocenters. The van der Waals surface area contributed by atoms with E-state index in [0.717, 1.165) is 6.42 Å². The zero-order valence-corrected chi connectivity index (χ0v) is 12.5. The Hall–Kier alpha value is -1.08. The van der Waals surface area contributed by atoms with Gasteiger partial charge in [0.15, 0.2) is 5.82 Å². The van der Waals surface area contributed by atoms with Gasteiger partial charge in [-0.25, -0.2) is 8.42 Å². The lowest BCUT2D eigenvalue weighted by Crippen LogP contribution is -2.42. The maximum Gasteiger partial charge on any atom is 0.248 e. The molecular weight excluding hydrogens is 264 g/mol. The number of anilines is 1. The van der Waals surface area contributed by atoms with Crippen molar-refractivity contribution in [3.05, 3.63) is 6.20 Å². The molecule has 2 atom stereocenters. The minimum absolute atomic E-state index is 0.0909. The zero-order valence-electron chi connectivity index (χ0n) is 11.7. The SMILES string of the molecule is CCn1cc(S(=O)(=O)N2CCC(C)C(C)C2)c(N)n1. The molecule has 0 aliphatic carbocycles. The van der Waals surface area contributed by atoms with Crippen molar-refractivity contribution in [1.82, 2.24) is 14.1 Å². The lowest BCUT2D eigenvalue weighted by atomic mass is 9.90. The van der Waals surface area contributed by atoms with E-state index in [0.29, 0.717) is 31.5 Å². The number of aromatic nitrogens is 2. The van der Waals surface area contributed by atoms with E-state index in [2.05, 4.69) is 18.9 Å². The number of nitrogens with zero attached hydrogens (tertiary/aromatic N) is 3. The summed E-state index contributed by atoms with van der Waals surface area (Å²) >= 11 is 0. The van der Waals surface area contributed by atoms with Crippen molar-refractivity contribution >= 4 is 15.8 Å². The van der Waals surface area contributed by atoms with Crippen LogP contribution in [0.15, 0.2) is 11.1 Å². The lowest BCUT2D eigenvalue weighted by Gasteiger charge is -2.34. The predicted octanol–water partition coefficient (Wildman–Crippen LogP) is 1.15. The Balaban J connectivity index is 2.29. The second-order valence-corrected chi connectivity index (χ2v) is 7.25. The van der Waals surface area contributed by atoms with E-state index in [-0.39, 0.29) is 10.7 Å². The molecule has 1 aromatic rings. The maximum absolute atomic E-state index is 12.6.